The number of pyridine rings is 1. The maximum absolute atomic E-state index is 11.8. The van der Waals surface area contributed by atoms with Gasteiger partial charge in [0.25, 0.3) is 10.1 Å². The standard InChI is InChI=1S/C29H19IN6O4S2/c30-41-25-5-1-3-16-15-17(6-7-18(16)25)33-35-23-12-11-22(19-4-2-14-32-28(19)23)34-36-24-10-8-20-26(42(38,39)40)13-9-21(31)27(20)29(24)37/h1-15,37H,31H2,(H,38,39,40). The van der Waals surface area contributed by atoms with Crippen molar-refractivity contribution >= 4 is 101 Å². The van der Waals surface area contributed by atoms with Crippen LogP contribution in [-0.4, -0.2) is 23.1 Å². The molecule has 5 aromatic carbocycles. The third kappa shape index (κ3) is 5.27. The molecule has 6 rings (SSSR count). The molecule has 0 saturated carbocycles. The van der Waals surface area contributed by atoms with Crippen molar-refractivity contribution in [2.24, 2.45) is 20.5 Å². The largest absolute Gasteiger partial charge is 0.505 e. The number of hydrogen-bond acceptors (Lipinski definition) is 10. The second-order valence-electron chi connectivity index (χ2n) is 9.13. The number of aromatic nitrogens is 1. The van der Waals surface area contributed by atoms with E-state index >= 15 is 0 Å². The van der Waals surface area contributed by atoms with Gasteiger partial charge in [-0.3, -0.25) is 9.54 Å². The lowest BCUT2D eigenvalue weighted by molar-refractivity contribution is 0.482. The first-order chi connectivity index (χ1) is 20.2. The molecule has 4 N–H and O–H groups in total. The molecule has 0 aliphatic carbocycles. The summed E-state index contributed by atoms with van der Waals surface area (Å²) in [4.78, 5) is 5.28. The molecule has 0 unspecified atom stereocenters. The van der Waals surface area contributed by atoms with E-state index in [1.165, 1.54) is 29.2 Å². The Labute approximate surface area is 255 Å². The molecule has 208 valence electrons. The van der Waals surface area contributed by atoms with Gasteiger partial charge in [0.15, 0.2) is 5.75 Å². The van der Waals surface area contributed by atoms with Gasteiger partial charge in [0.1, 0.15) is 16.3 Å². The van der Waals surface area contributed by atoms with Gasteiger partial charge in [0, 0.05) is 48.8 Å². The van der Waals surface area contributed by atoms with Crippen molar-refractivity contribution < 1.29 is 18.1 Å². The Balaban J connectivity index is 1.36. The maximum Gasteiger partial charge on any atom is 0.295 e. The van der Waals surface area contributed by atoms with E-state index in [4.69, 9.17) is 5.73 Å². The number of nitrogens with two attached hydrogens (primary N) is 1. The number of azo groups is 2. The van der Waals surface area contributed by atoms with Crippen LogP contribution in [0, 0.1) is 0 Å². The molecule has 0 fully saturated rings. The number of phenols is 1. The number of nitrogens with zero attached hydrogens (tertiary/aromatic N) is 5. The van der Waals surface area contributed by atoms with Gasteiger partial charge in [-0.05, 0) is 71.4 Å². The quantitative estimate of drug-likeness (QED) is 0.0672. The van der Waals surface area contributed by atoms with Crippen molar-refractivity contribution in [3.63, 3.8) is 0 Å². The minimum absolute atomic E-state index is 0.0434. The van der Waals surface area contributed by atoms with Crippen LogP contribution in [0.15, 0.2) is 121 Å². The molecule has 1 aromatic heterocycles. The maximum atomic E-state index is 11.8. The van der Waals surface area contributed by atoms with Crippen molar-refractivity contribution in [2.45, 2.75) is 9.79 Å². The number of aromatic hydroxyl groups is 1. The molecule has 0 amide bonds. The summed E-state index contributed by atoms with van der Waals surface area (Å²) in [5.74, 6) is -0.369. The van der Waals surface area contributed by atoms with Gasteiger partial charge >= 0.3 is 0 Å². The van der Waals surface area contributed by atoms with Crippen molar-refractivity contribution in [2.75, 3.05) is 5.73 Å². The molecule has 0 aliphatic heterocycles. The van der Waals surface area contributed by atoms with Gasteiger partial charge < -0.3 is 10.8 Å². The molecule has 0 aliphatic rings. The van der Waals surface area contributed by atoms with Gasteiger partial charge in [-0.1, -0.05) is 33.2 Å². The topological polar surface area (TPSA) is 163 Å². The van der Waals surface area contributed by atoms with Crippen molar-refractivity contribution in [1.82, 2.24) is 4.98 Å². The van der Waals surface area contributed by atoms with Crippen molar-refractivity contribution in [1.29, 1.82) is 0 Å². The van der Waals surface area contributed by atoms with Crippen LogP contribution in [0.4, 0.5) is 28.4 Å². The normalized spacial score (nSPS) is 12.3. The highest BCUT2D eigenvalue weighted by atomic mass is 127. The van der Waals surface area contributed by atoms with E-state index in [-0.39, 0.29) is 32.8 Å². The summed E-state index contributed by atoms with van der Waals surface area (Å²) in [5.41, 5.74) is 8.46. The SMILES string of the molecule is Nc1ccc(S(=O)(=O)O)c2ccc(N=Nc3ccc(N=Nc4ccc5c(SI)cccc5c4)c4ncccc34)c(O)c12. The Bertz CT molecular complexity index is 2210. The lowest BCUT2D eigenvalue weighted by Crippen LogP contribution is -2.00. The smallest absolute Gasteiger partial charge is 0.295 e. The highest BCUT2D eigenvalue weighted by molar-refractivity contribution is 14.2. The molecule has 10 nitrogen and oxygen atoms in total. The molecule has 6 aromatic rings. The van der Waals surface area contributed by atoms with Crippen LogP contribution < -0.4 is 5.73 Å². The monoisotopic (exact) mass is 706 g/mol. The average molecular weight is 707 g/mol. The molecule has 0 radical (unpaired) electrons. The number of benzene rings is 5. The molecule has 0 atom stereocenters. The van der Waals surface area contributed by atoms with Crippen LogP contribution in [0.25, 0.3) is 32.4 Å². The van der Waals surface area contributed by atoms with Gasteiger partial charge in [0.2, 0.25) is 0 Å². The number of nitrogen functional groups attached to an aromatic ring is 1. The number of anilines is 1. The second-order valence-corrected chi connectivity index (χ2v) is 12.4. The number of fused-ring (bicyclic) bond motifs is 3. The Morgan fingerprint density at radius 2 is 1.52 bits per heavy atom. The summed E-state index contributed by atoms with van der Waals surface area (Å²) in [6, 6.07) is 24.4. The number of halogens is 1. The fourth-order valence-corrected chi connectivity index (χ4v) is 6.86. The minimum Gasteiger partial charge on any atom is -0.505 e. The third-order valence-corrected chi connectivity index (χ3v) is 9.43. The average Bonchev–Trinajstić information content (AvgIpc) is 2.99. The first kappa shape index (κ1) is 28.0. The predicted octanol–water partition coefficient (Wildman–Crippen LogP) is 9.35. The summed E-state index contributed by atoms with van der Waals surface area (Å²) in [5, 5.41) is 31.3. The van der Waals surface area contributed by atoms with E-state index < -0.39 is 10.1 Å². The zero-order valence-corrected chi connectivity index (χ0v) is 25.2. The first-order valence-electron chi connectivity index (χ1n) is 12.3. The van der Waals surface area contributed by atoms with Crippen LogP contribution in [0.3, 0.4) is 0 Å². The molecule has 13 heteroatoms. The van der Waals surface area contributed by atoms with Crippen molar-refractivity contribution in [3.8, 4) is 5.75 Å². The van der Waals surface area contributed by atoms with Gasteiger partial charge in [0.05, 0.1) is 22.3 Å². The molecule has 0 saturated heterocycles. The molecular formula is C29H19IN6O4S2. The summed E-state index contributed by atoms with van der Waals surface area (Å²) >= 11 is 2.27. The predicted molar refractivity (Wildman–Crippen MR) is 174 cm³/mol. The number of rotatable bonds is 6. The van der Waals surface area contributed by atoms with Crippen LogP contribution >= 0.6 is 30.1 Å². The Hall–Kier alpha value is -4.18. The van der Waals surface area contributed by atoms with Gasteiger partial charge in [-0.15, -0.1) is 15.3 Å². The molecule has 0 spiro atoms. The first-order valence-corrected chi connectivity index (χ1v) is 17.1. The Morgan fingerprint density at radius 3 is 2.33 bits per heavy atom. The van der Waals surface area contributed by atoms with Gasteiger partial charge in [-0.2, -0.15) is 13.5 Å². The summed E-state index contributed by atoms with van der Waals surface area (Å²) in [7, 11) is -2.88. The summed E-state index contributed by atoms with van der Waals surface area (Å²) in [6.45, 7) is 0. The van der Waals surface area contributed by atoms with E-state index in [0.717, 1.165) is 10.8 Å². The molecule has 42 heavy (non-hydrogen) atoms. The molecular weight excluding hydrogens is 687 g/mol. The van der Waals surface area contributed by atoms with Crippen molar-refractivity contribution in [3.05, 3.63) is 91.1 Å². The van der Waals surface area contributed by atoms with E-state index in [1.807, 2.05) is 36.4 Å². The lowest BCUT2D eigenvalue weighted by Gasteiger charge is -2.10. The second kappa shape index (κ2) is 11.2. The highest BCUT2D eigenvalue weighted by Gasteiger charge is 2.19. The van der Waals surface area contributed by atoms with E-state index in [1.54, 1.807) is 33.3 Å². The highest BCUT2D eigenvalue weighted by Crippen LogP contribution is 2.42. The van der Waals surface area contributed by atoms with E-state index in [0.29, 0.717) is 28.0 Å². The fourth-order valence-electron chi connectivity index (χ4n) is 4.62. The minimum atomic E-state index is -4.54. The van der Waals surface area contributed by atoms with Crippen LogP contribution in [0.1, 0.15) is 0 Å². The molecule has 0 bridgehead atoms. The van der Waals surface area contributed by atoms with Gasteiger partial charge in [-0.25, -0.2) is 0 Å². The Morgan fingerprint density at radius 1 is 0.786 bits per heavy atom. The van der Waals surface area contributed by atoms with Crippen LogP contribution in [0.2, 0.25) is 0 Å². The van der Waals surface area contributed by atoms with Crippen LogP contribution in [-0.2, 0) is 10.1 Å². The van der Waals surface area contributed by atoms with Crippen LogP contribution in [0.5, 0.6) is 5.75 Å². The number of hydrogen-bond donors (Lipinski definition) is 3. The fraction of sp³-hybridized carbons (Fsp3) is 0. The molecule has 1 heterocycles. The summed E-state index contributed by atoms with van der Waals surface area (Å²) < 4.78 is 33.1. The van der Waals surface area contributed by atoms with E-state index in [9.17, 15) is 18.1 Å². The Kier molecular flexibility index (Phi) is 7.49. The number of phenolic OH excluding ortho intramolecular Hbond substituents is 1. The zero-order chi connectivity index (χ0) is 29.4. The zero-order valence-electron chi connectivity index (χ0n) is 21.4. The summed E-state index contributed by atoms with van der Waals surface area (Å²) in [6.07, 6.45) is 1.65. The van der Waals surface area contributed by atoms with E-state index in [2.05, 4.69) is 52.7 Å². The lowest BCUT2D eigenvalue weighted by atomic mass is 10.1. The third-order valence-electron chi connectivity index (χ3n) is 6.57.